The van der Waals surface area contributed by atoms with Gasteiger partial charge in [-0.3, -0.25) is 19.3 Å². The minimum Gasteiger partial charge on any atom is -0.325 e. The first-order valence-electron chi connectivity index (χ1n) is 9.43. The van der Waals surface area contributed by atoms with E-state index in [1.165, 1.54) is 6.42 Å². The van der Waals surface area contributed by atoms with Crippen molar-refractivity contribution in [2.45, 2.75) is 32.2 Å². The molecule has 1 saturated heterocycles. The van der Waals surface area contributed by atoms with E-state index in [1.54, 1.807) is 42.5 Å². The van der Waals surface area contributed by atoms with Crippen molar-refractivity contribution in [3.8, 4) is 0 Å². The van der Waals surface area contributed by atoms with Gasteiger partial charge in [-0.05, 0) is 51.1 Å². The molecule has 2 aromatic carbocycles. The number of rotatable bonds is 3. The predicted molar refractivity (Wildman–Crippen MR) is 103 cm³/mol. The molecule has 0 aromatic heterocycles. The molecule has 1 N–H and O–H groups in total. The molecule has 2 aromatic rings. The van der Waals surface area contributed by atoms with Gasteiger partial charge in [-0.1, -0.05) is 30.7 Å². The Balaban J connectivity index is 1.57. The number of hydrogen-bond acceptors (Lipinski definition) is 4. The maximum atomic E-state index is 12.8. The number of nitrogens with one attached hydrogen (secondary N) is 1. The van der Waals surface area contributed by atoms with Crippen LogP contribution >= 0.6 is 0 Å². The molecule has 0 spiro atoms. The fourth-order valence-corrected chi connectivity index (χ4v) is 3.90. The number of nitrogens with zero attached hydrogens (tertiary/aromatic N) is 1. The summed E-state index contributed by atoms with van der Waals surface area (Å²) in [4.78, 5) is 40.3. The Morgan fingerprint density at radius 3 is 2.15 bits per heavy atom. The van der Waals surface area contributed by atoms with Crippen LogP contribution in [-0.4, -0.2) is 41.5 Å². The Morgan fingerprint density at radius 2 is 1.48 bits per heavy atom. The second kappa shape index (κ2) is 7.08. The van der Waals surface area contributed by atoms with Crippen LogP contribution in [0.5, 0.6) is 0 Å². The van der Waals surface area contributed by atoms with Crippen LogP contribution in [0.3, 0.4) is 0 Å². The molecular formula is C22H22N2O3. The highest BCUT2D eigenvalue weighted by Crippen LogP contribution is 2.29. The molecule has 4 rings (SSSR count). The van der Waals surface area contributed by atoms with Crippen LogP contribution in [0, 0.1) is 0 Å². The van der Waals surface area contributed by atoms with Crippen molar-refractivity contribution in [1.29, 1.82) is 0 Å². The number of likely N-dealkylation sites (tertiary alicyclic amines) is 1. The highest BCUT2D eigenvalue weighted by Gasteiger charge is 2.30. The van der Waals surface area contributed by atoms with Gasteiger partial charge in [0.15, 0.2) is 11.6 Å². The Morgan fingerprint density at radius 1 is 0.889 bits per heavy atom. The largest absolute Gasteiger partial charge is 0.325 e. The molecule has 0 unspecified atom stereocenters. The van der Waals surface area contributed by atoms with Crippen LogP contribution in [0.2, 0.25) is 0 Å². The first kappa shape index (κ1) is 17.6. The summed E-state index contributed by atoms with van der Waals surface area (Å²) in [7, 11) is 0. The molecule has 1 fully saturated rings. The molecule has 5 nitrogen and oxygen atoms in total. The number of ketones is 2. The summed E-state index contributed by atoms with van der Waals surface area (Å²) in [5, 5.41) is 2.90. The third kappa shape index (κ3) is 3.19. The average molecular weight is 362 g/mol. The first-order valence-corrected chi connectivity index (χ1v) is 9.43. The van der Waals surface area contributed by atoms with Crippen LogP contribution < -0.4 is 5.32 Å². The molecule has 1 heterocycles. The normalized spacial score (nSPS) is 17.8. The number of benzene rings is 2. The zero-order valence-electron chi connectivity index (χ0n) is 15.3. The molecule has 0 radical (unpaired) electrons. The Labute approximate surface area is 158 Å². The molecule has 1 aliphatic heterocycles. The summed E-state index contributed by atoms with van der Waals surface area (Å²) in [5.41, 5.74) is 2.14. The minimum absolute atomic E-state index is 0.0909. The number of amides is 1. The lowest BCUT2D eigenvalue weighted by Crippen LogP contribution is -2.44. The molecule has 1 amide bonds. The van der Waals surface area contributed by atoms with Crippen molar-refractivity contribution in [3.63, 3.8) is 0 Å². The summed E-state index contributed by atoms with van der Waals surface area (Å²) in [6.07, 6.45) is 3.45. The molecule has 5 heteroatoms. The molecule has 1 aliphatic carbocycles. The third-order valence-corrected chi connectivity index (χ3v) is 5.51. The Kier molecular flexibility index (Phi) is 4.62. The molecule has 138 valence electrons. The quantitative estimate of drug-likeness (QED) is 0.776. The monoisotopic (exact) mass is 362 g/mol. The van der Waals surface area contributed by atoms with Gasteiger partial charge < -0.3 is 5.32 Å². The van der Waals surface area contributed by atoms with Crippen molar-refractivity contribution >= 4 is 23.2 Å². The highest BCUT2D eigenvalue weighted by molar-refractivity contribution is 6.28. The van der Waals surface area contributed by atoms with Crippen LogP contribution in [0.1, 0.15) is 58.0 Å². The van der Waals surface area contributed by atoms with E-state index in [9.17, 15) is 14.4 Å². The summed E-state index contributed by atoms with van der Waals surface area (Å²) in [6, 6.07) is 11.6. The van der Waals surface area contributed by atoms with E-state index in [2.05, 4.69) is 10.2 Å². The van der Waals surface area contributed by atoms with Crippen molar-refractivity contribution in [1.82, 2.24) is 4.90 Å². The van der Waals surface area contributed by atoms with Crippen molar-refractivity contribution in [3.05, 3.63) is 64.7 Å². The van der Waals surface area contributed by atoms with Crippen molar-refractivity contribution in [2.24, 2.45) is 0 Å². The van der Waals surface area contributed by atoms with Gasteiger partial charge in [0.25, 0.3) is 0 Å². The minimum atomic E-state index is -0.223. The van der Waals surface area contributed by atoms with E-state index in [0.717, 1.165) is 25.9 Å². The number of anilines is 1. The number of hydrogen-bond donors (Lipinski definition) is 1. The second-order valence-electron chi connectivity index (χ2n) is 7.23. The summed E-state index contributed by atoms with van der Waals surface area (Å²) >= 11 is 0. The van der Waals surface area contributed by atoms with Gasteiger partial charge in [0.2, 0.25) is 5.91 Å². The molecule has 27 heavy (non-hydrogen) atoms. The van der Waals surface area contributed by atoms with Gasteiger partial charge in [-0.15, -0.1) is 0 Å². The number of fused-ring (bicyclic) bond motifs is 2. The zero-order valence-corrected chi connectivity index (χ0v) is 15.3. The fourth-order valence-electron chi connectivity index (χ4n) is 3.90. The second-order valence-corrected chi connectivity index (χ2v) is 7.23. The lowest BCUT2D eigenvalue weighted by Gasteiger charge is -2.31. The Bertz CT molecular complexity index is 929. The van der Waals surface area contributed by atoms with E-state index in [0.29, 0.717) is 27.9 Å². The topological polar surface area (TPSA) is 66.5 Å². The van der Waals surface area contributed by atoms with Gasteiger partial charge in [0.1, 0.15) is 0 Å². The van der Waals surface area contributed by atoms with Crippen LogP contribution in [0.25, 0.3) is 0 Å². The van der Waals surface area contributed by atoms with Crippen LogP contribution in [0.4, 0.5) is 5.69 Å². The van der Waals surface area contributed by atoms with Gasteiger partial charge in [0, 0.05) is 27.9 Å². The van der Waals surface area contributed by atoms with E-state index in [4.69, 9.17) is 0 Å². The molecular weight excluding hydrogens is 340 g/mol. The maximum absolute atomic E-state index is 12.8. The SMILES string of the molecule is C[C@@H](C(=O)Nc1ccc2c(c1)C(=O)c1ccccc1C2=O)N1CCCCC1. The van der Waals surface area contributed by atoms with Crippen LogP contribution in [-0.2, 0) is 4.79 Å². The average Bonchev–Trinajstić information content (AvgIpc) is 2.72. The smallest absolute Gasteiger partial charge is 0.241 e. The summed E-state index contributed by atoms with van der Waals surface area (Å²) in [5.74, 6) is -0.424. The van der Waals surface area contributed by atoms with E-state index < -0.39 is 0 Å². The summed E-state index contributed by atoms with van der Waals surface area (Å²) in [6.45, 7) is 3.77. The maximum Gasteiger partial charge on any atom is 0.241 e. The van der Waals surface area contributed by atoms with Crippen LogP contribution in [0.15, 0.2) is 42.5 Å². The molecule has 2 aliphatic rings. The van der Waals surface area contributed by atoms with Gasteiger partial charge in [-0.2, -0.15) is 0 Å². The lowest BCUT2D eigenvalue weighted by atomic mass is 9.84. The lowest BCUT2D eigenvalue weighted by molar-refractivity contribution is -0.121. The van der Waals surface area contributed by atoms with E-state index >= 15 is 0 Å². The molecule has 0 saturated carbocycles. The molecule has 0 bridgehead atoms. The first-order chi connectivity index (χ1) is 13.1. The third-order valence-electron chi connectivity index (χ3n) is 5.51. The van der Waals surface area contributed by atoms with Gasteiger partial charge in [-0.25, -0.2) is 0 Å². The standard InChI is InChI=1S/C22H22N2O3/c1-14(24-11-5-2-6-12-24)22(27)23-15-9-10-18-19(13-15)21(26)17-8-4-3-7-16(17)20(18)25/h3-4,7-10,13-14H,2,5-6,11-12H2,1H3,(H,23,27)/t14-/m0/s1. The number of carbonyl (C=O) groups is 3. The van der Waals surface area contributed by atoms with Crippen molar-refractivity contribution < 1.29 is 14.4 Å². The Hall–Kier alpha value is -2.79. The van der Waals surface area contributed by atoms with Gasteiger partial charge in [0.05, 0.1) is 6.04 Å². The number of piperidine rings is 1. The predicted octanol–water partition coefficient (Wildman–Crippen LogP) is 3.27. The number of carbonyl (C=O) groups excluding carboxylic acids is 3. The van der Waals surface area contributed by atoms with Crippen molar-refractivity contribution in [2.75, 3.05) is 18.4 Å². The zero-order chi connectivity index (χ0) is 19.0. The van der Waals surface area contributed by atoms with E-state index in [-0.39, 0.29) is 23.5 Å². The highest BCUT2D eigenvalue weighted by atomic mass is 16.2. The van der Waals surface area contributed by atoms with E-state index in [1.807, 2.05) is 6.92 Å². The summed E-state index contributed by atoms with van der Waals surface area (Å²) < 4.78 is 0. The molecule has 1 atom stereocenters. The fraction of sp³-hybridized carbons (Fsp3) is 0.318. The van der Waals surface area contributed by atoms with Gasteiger partial charge >= 0.3 is 0 Å².